The van der Waals surface area contributed by atoms with Crippen molar-refractivity contribution in [1.29, 1.82) is 5.26 Å². The topological polar surface area (TPSA) is 91.1 Å². The maximum atomic E-state index is 13.8. The van der Waals surface area contributed by atoms with Crippen LogP contribution in [0.5, 0.6) is 0 Å². The van der Waals surface area contributed by atoms with Crippen LogP contribution in [-0.2, 0) is 30.9 Å². The fraction of sp³-hybridized carbons (Fsp3) is 0.250. The summed E-state index contributed by atoms with van der Waals surface area (Å²) in [5.41, 5.74) is 6.49. The summed E-state index contributed by atoms with van der Waals surface area (Å²) < 4.78 is 19.0. The van der Waals surface area contributed by atoms with E-state index >= 15 is 0 Å². The normalized spacial score (nSPS) is 15.0. The summed E-state index contributed by atoms with van der Waals surface area (Å²) in [5.74, 6) is -0.420. The first-order valence-corrected chi connectivity index (χ1v) is 10.3. The highest BCUT2D eigenvalue weighted by atomic mass is 19.1. The predicted octanol–water partition coefficient (Wildman–Crippen LogP) is 3.77. The van der Waals surface area contributed by atoms with Crippen LogP contribution in [0.15, 0.2) is 36.5 Å². The molecule has 0 unspecified atom stereocenters. The van der Waals surface area contributed by atoms with Gasteiger partial charge in [0, 0.05) is 49.1 Å². The molecule has 0 radical (unpaired) electrons. The summed E-state index contributed by atoms with van der Waals surface area (Å²) in [6.45, 7) is 4.75. The Labute approximate surface area is 184 Å². The van der Waals surface area contributed by atoms with Gasteiger partial charge in [-0.1, -0.05) is 6.07 Å². The second-order valence-electron chi connectivity index (χ2n) is 8.01. The summed E-state index contributed by atoms with van der Waals surface area (Å²) in [5, 5.41) is 11.9. The number of carbonyl (C=O) groups excluding carboxylic acids is 1. The van der Waals surface area contributed by atoms with E-state index in [1.54, 1.807) is 18.3 Å². The van der Waals surface area contributed by atoms with Gasteiger partial charge in [-0.3, -0.25) is 4.90 Å². The highest BCUT2D eigenvalue weighted by Gasteiger charge is 2.25. The molecule has 0 spiro atoms. The molecule has 32 heavy (non-hydrogen) atoms. The number of nitriles is 1. The molecule has 2 aliphatic rings. The fourth-order valence-corrected chi connectivity index (χ4v) is 4.19. The zero-order chi connectivity index (χ0) is 22.2. The van der Waals surface area contributed by atoms with Gasteiger partial charge in [-0.25, -0.2) is 19.2 Å². The van der Waals surface area contributed by atoms with Crippen molar-refractivity contribution in [2.24, 2.45) is 0 Å². The SMILES string of the molecule is Cc1c(CN2CCc3nc(Nc4ccc(C#N)c(F)c4)ncc3C2)ccc2c1COC2=O. The van der Waals surface area contributed by atoms with Gasteiger partial charge < -0.3 is 10.1 Å². The first kappa shape index (κ1) is 20.1. The molecule has 0 aliphatic carbocycles. The lowest BCUT2D eigenvalue weighted by Crippen LogP contribution is -2.31. The van der Waals surface area contributed by atoms with E-state index in [1.165, 1.54) is 17.7 Å². The van der Waals surface area contributed by atoms with Gasteiger partial charge in [-0.05, 0) is 42.3 Å². The Kier molecular flexibility index (Phi) is 5.04. The lowest BCUT2D eigenvalue weighted by molar-refractivity contribution is 0.0535. The maximum Gasteiger partial charge on any atom is 0.338 e. The number of rotatable bonds is 4. The minimum absolute atomic E-state index is 0.000246. The lowest BCUT2D eigenvalue weighted by atomic mass is 9.97. The van der Waals surface area contributed by atoms with Gasteiger partial charge in [0.1, 0.15) is 18.5 Å². The van der Waals surface area contributed by atoms with E-state index in [0.717, 1.165) is 48.4 Å². The van der Waals surface area contributed by atoms with Crippen molar-refractivity contribution in [3.05, 3.63) is 81.4 Å². The van der Waals surface area contributed by atoms with Gasteiger partial charge >= 0.3 is 5.97 Å². The molecule has 3 aromatic rings. The molecule has 0 saturated heterocycles. The molecule has 0 fully saturated rings. The molecule has 8 heteroatoms. The summed E-state index contributed by atoms with van der Waals surface area (Å²) >= 11 is 0. The summed E-state index contributed by atoms with van der Waals surface area (Å²) in [6, 6.07) is 10.00. The molecular formula is C24H20FN5O2. The Balaban J connectivity index is 1.29. The van der Waals surface area contributed by atoms with Crippen LogP contribution in [0.1, 0.15) is 43.9 Å². The molecule has 7 nitrogen and oxygen atoms in total. The van der Waals surface area contributed by atoms with Crippen LogP contribution >= 0.6 is 0 Å². The number of nitrogens with one attached hydrogen (secondary N) is 1. The van der Waals surface area contributed by atoms with Crippen LogP contribution in [0, 0.1) is 24.1 Å². The van der Waals surface area contributed by atoms with E-state index in [1.807, 2.05) is 19.1 Å². The van der Waals surface area contributed by atoms with Gasteiger partial charge in [0.25, 0.3) is 0 Å². The van der Waals surface area contributed by atoms with Crippen molar-refractivity contribution in [3.8, 4) is 6.07 Å². The van der Waals surface area contributed by atoms with Gasteiger partial charge in [-0.2, -0.15) is 5.26 Å². The van der Waals surface area contributed by atoms with Crippen molar-refractivity contribution in [2.75, 3.05) is 11.9 Å². The number of ether oxygens (including phenoxy) is 1. The van der Waals surface area contributed by atoms with Crippen molar-refractivity contribution in [2.45, 2.75) is 33.0 Å². The smallest absolute Gasteiger partial charge is 0.338 e. The second kappa shape index (κ2) is 8.02. The Morgan fingerprint density at radius 3 is 3.00 bits per heavy atom. The Morgan fingerprint density at radius 2 is 2.19 bits per heavy atom. The van der Waals surface area contributed by atoms with Gasteiger partial charge in [0.15, 0.2) is 0 Å². The minimum Gasteiger partial charge on any atom is -0.457 e. The number of carbonyl (C=O) groups is 1. The van der Waals surface area contributed by atoms with Crippen molar-refractivity contribution >= 4 is 17.6 Å². The average Bonchev–Trinajstić information content (AvgIpc) is 3.17. The summed E-state index contributed by atoms with van der Waals surface area (Å²) in [6.07, 6.45) is 2.58. The molecule has 1 N–H and O–H groups in total. The first-order valence-electron chi connectivity index (χ1n) is 10.3. The van der Waals surface area contributed by atoms with Gasteiger partial charge in [0.2, 0.25) is 5.95 Å². The Hall–Kier alpha value is -3.83. The monoisotopic (exact) mass is 429 g/mol. The molecule has 0 atom stereocenters. The van der Waals surface area contributed by atoms with E-state index in [-0.39, 0.29) is 11.5 Å². The molecule has 1 aromatic heterocycles. The third-order valence-electron chi connectivity index (χ3n) is 6.03. The average molecular weight is 429 g/mol. The zero-order valence-electron chi connectivity index (χ0n) is 17.5. The molecular weight excluding hydrogens is 409 g/mol. The largest absolute Gasteiger partial charge is 0.457 e. The number of nitrogens with zero attached hydrogens (tertiary/aromatic N) is 4. The van der Waals surface area contributed by atoms with Crippen LogP contribution in [0.25, 0.3) is 0 Å². The van der Waals surface area contributed by atoms with E-state index in [2.05, 4.69) is 20.2 Å². The number of anilines is 2. The molecule has 2 aromatic carbocycles. The summed E-state index contributed by atoms with van der Waals surface area (Å²) in [4.78, 5) is 23.1. The van der Waals surface area contributed by atoms with Gasteiger partial charge in [-0.15, -0.1) is 0 Å². The predicted molar refractivity (Wildman–Crippen MR) is 115 cm³/mol. The highest BCUT2D eigenvalue weighted by molar-refractivity contribution is 5.93. The van der Waals surface area contributed by atoms with E-state index in [0.29, 0.717) is 23.8 Å². The third-order valence-corrected chi connectivity index (χ3v) is 6.03. The maximum absolute atomic E-state index is 13.8. The van der Waals surface area contributed by atoms with E-state index in [9.17, 15) is 9.18 Å². The van der Waals surface area contributed by atoms with Crippen molar-refractivity contribution in [3.63, 3.8) is 0 Å². The van der Waals surface area contributed by atoms with Crippen molar-refractivity contribution < 1.29 is 13.9 Å². The number of hydrogen-bond acceptors (Lipinski definition) is 7. The summed E-state index contributed by atoms with van der Waals surface area (Å²) in [7, 11) is 0. The quantitative estimate of drug-likeness (QED) is 0.631. The van der Waals surface area contributed by atoms with Crippen LogP contribution in [-0.4, -0.2) is 27.4 Å². The highest BCUT2D eigenvalue weighted by Crippen LogP contribution is 2.28. The Bertz CT molecular complexity index is 1280. The number of halogens is 1. The number of hydrogen-bond donors (Lipinski definition) is 1. The number of fused-ring (bicyclic) bond motifs is 2. The zero-order valence-corrected chi connectivity index (χ0v) is 17.5. The van der Waals surface area contributed by atoms with Crippen LogP contribution in [0.3, 0.4) is 0 Å². The van der Waals surface area contributed by atoms with Gasteiger partial charge in [0.05, 0.1) is 16.8 Å². The first-order chi connectivity index (χ1) is 15.5. The van der Waals surface area contributed by atoms with Crippen LogP contribution in [0.2, 0.25) is 0 Å². The number of aromatic nitrogens is 2. The standard InChI is InChI=1S/C24H20FN5O2/c1-14-16(3-5-19-20(14)13-32-23(19)31)11-30-7-6-22-17(12-30)10-27-24(29-22)28-18-4-2-15(9-26)21(25)8-18/h2-5,8,10H,6-7,11-13H2,1H3,(H,27,28,29). The minimum atomic E-state index is -0.580. The molecule has 5 rings (SSSR count). The van der Waals surface area contributed by atoms with Crippen LogP contribution < -0.4 is 5.32 Å². The molecule has 160 valence electrons. The van der Waals surface area contributed by atoms with E-state index < -0.39 is 5.82 Å². The molecule has 3 heterocycles. The lowest BCUT2D eigenvalue weighted by Gasteiger charge is -2.28. The second-order valence-corrected chi connectivity index (χ2v) is 8.01. The molecule has 2 aliphatic heterocycles. The van der Waals surface area contributed by atoms with Crippen LogP contribution in [0.4, 0.5) is 16.0 Å². The Morgan fingerprint density at radius 1 is 1.31 bits per heavy atom. The molecule has 0 amide bonds. The van der Waals surface area contributed by atoms with Crippen molar-refractivity contribution in [1.82, 2.24) is 14.9 Å². The number of cyclic esters (lactones) is 1. The third kappa shape index (κ3) is 3.67. The van der Waals surface area contributed by atoms with E-state index in [4.69, 9.17) is 10.00 Å². The molecule has 0 saturated carbocycles. The molecule has 0 bridgehead atoms. The fourth-order valence-electron chi connectivity index (χ4n) is 4.19. The number of benzene rings is 2. The number of esters is 1.